The second kappa shape index (κ2) is 7.63. The normalized spacial score (nSPS) is 11.3. The molecule has 0 bridgehead atoms. The molecule has 3 aromatic rings. The zero-order valence-corrected chi connectivity index (χ0v) is 16.5. The van der Waals surface area contributed by atoms with Crippen LogP contribution in [0.1, 0.15) is 29.4 Å². The molecule has 26 heavy (non-hydrogen) atoms. The van der Waals surface area contributed by atoms with Gasteiger partial charge in [0.25, 0.3) is 5.56 Å². The molecule has 0 atom stereocenters. The third-order valence-electron chi connectivity index (χ3n) is 4.18. The fourth-order valence-electron chi connectivity index (χ4n) is 2.70. The summed E-state index contributed by atoms with van der Waals surface area (Å²) in [6, 6.07) is 3.64. The van der Waals surface area contributed by atoms with Gasteiger partial charge in [0.05, 0.1) is 10.6 Å². The molecule has 3 aromatic heterocycles. The van der Waals surface area contributed by atoms with Crippen molar-refractivity contribution in [2.75, 3.05) is 5.75 Å². The van der Waals surface area contributed by atoms with Crippen molar-refractivity contribution in [3.8, 4) is 0 Å². The topological polar surface area (TPSA) is 78.9 Å². The Morgan fingerprint density at radius 2 is 2.04 bits per heavy atom. The zero-order chi connectivity index (χ0) is 18.8. The molecule has 3 heterocycles. The van der Waals surface area contributed by atoms with Crippen LogP contribution in [0.4, 0.5) is 0 Å². The maximum Gasteiger partial charge on any atom is 0.332 e. The summed E-state index contributed by atoms with van der Waals surface area (Å²) in [7, 11) is 3.07. The Morgan fingerprint density at radius 3 is 2.69 bits per heavy atom. The Morgan fingerprint density at radius 1 is 1.27 bits per heavy atom. The summed E-state index contributed by atoms with van der Waals surface area (Å²) in [6.45, 7) is 2.69. The van der Waals surface area contributed by atoms with Crippen LogP contribution < -0.4 is 11.2 Å². The van der Waals surface area contributed by atoms with E-state index in [-0.39, 0.29) is 17.1 Å². The van der Waals surface area contributed by atoms with Gasteiger partial charge in [-0.2, -0.15) is 0 Å². The van der Waals surface area contributed by atoms with Crippen molar-refractivity contribution >= 4 is 40.0 Å². The average molecular weight is 393 g/mol. The molecule has 0 spiro atoms. The highest BCUT2D eigenvalue weighted by Gasteiger charge is 2.20. The number of hydrogen-bond donors (Lipinski definition) is 0. The van der Waals surface area contributed by atoms with Crippen LogP contribution in [0.5, 0.6) is 0 Å². The molecule has 0 aliphatic heterocycles. The molecule has 138 valence electrons. The number of carbonyl (C=O) groups excluding carboxylic acids is 1. The van der Waals surface area contributed by atoms with E-state index in [0.717, 1.165) is 17.4 Å². The first-order valence-corrected chi connectivity index (χ1v) is 10.2. The van der Waals surface area contributed by atoms with E-state index in [1.165, 1.54) is 34.7 Å². The molecule has 0 N–H and O–H groups in total. The number of thioether (sulfide) groups is 1. The van der Waals surface area contributed by atoms with Crippen LogP contribution in [0.3, 0.4) is 0 Å². The molecular weight excluding hydrogens is 372 g/mol. The number of Topliss-reactive ketones (excluding diaryl/α,β-unsaturated/α-hetero) is 1. The maximum absolute atomic E-state index is 12.6. The summed E-state index contributed by atoms with van der Waals surface area (Å²) >= 11 is 2.71. The molecule has 3 rings (SSSR count). The lowest BCUT2D eigenvalue weighted by Gasteiger charge is -2.08. The van der Waals surface area contributed by atoms with Gasteiger partial charge in [-0.1, -0.05) is 31.2 Å². The highest BCUT2D eigenvalue weighted by atomic mass is 32.2. The largest absolute Gasteiger partial charge is 0.332 e. The van der Waals surface area contributed by atoms with Gasteiger partial charge in [0, 0.05) is 20.6 Å². The summed E-state index contributed by atoms with van der Waals surface area (Å²) in [4.78, 5) is 42.3. The molecule has 7 nitrogen and oxygen atoms in total. The monoisotopic (exact) mass is 392 g/mol. The fourth-order valence-corrected chi connectivity index (χ4v) is 4.36. The van der Waals surface area contributed by atoms with Gasteiger partial charge in [0.15, 0.2) is 22.1 Å². The smallest absolute Gasteiger partial charge is 0.313 e. The summed E-state index contributed by atoms with van der Waals surface area (Å²) in [5, 5.41) is 2.46. The third-order valence-corrected chi connectivity index (χ3v) is 6.06. The first-order valence-electron chi connectivity index (χ1n) is 8.31. The van der Waals surface area contributed by atoms with E-state index < -0.39 is 5.69 Å². The Balaban J connectivity index is 2.05. The van der Waals surface area contributed by atoms with Gasteiger partial charge in [0.1, 0.15) is 0 Å². The van der Waals surface area contributed by atoms with Gasteiger partial charge < -0.3 is 4.57 Å². The van der Waals surface area contributed by atoms with Gasteiger partial charge in [0.2, 0.25) is 0 Å². The Kier molecular flexibility index (Phi) is 5.47. The van der Waals surface area contributed by atoms with Crippen molar-refractivity contribution < 1.29 is 4.79 Å². The highest BCUT2D eigenvalue weighted by molar-refractivity contribution is 7.99. The van der Waals surface area contributed by atoms with Crippen LogP contribution in [-0.4, -0.2) is 30.2 Å². The Hall–Kier alpha value is -2.13. The third kappa shape index (κ3) is 3.28. The first kappa shape index (κ1) is 18.7. The molecule has 0 radical (unpaired) electrons. The quantitative estimate of drug-likeness (QED) is 0.455. The minimum absolute atomic E-state index is 0.0286. The number of nitrogens with zero attached hydrogens (tertiary/aromatic N) is 4. The molecule has 0 fully saturated rings. The number of imidazole rings is 1. The van der Waals surface area contributed by atoms with Gasteiger partial charge in [-0.15, -0.1) is 11.3 Å². The van der Waals surface area contributed by atoms with Crippen LogP contribution in [0.2, 0.25) is 0 Å². The molecule has 0 saturated heterocycles. The number of thiophene rings is 1. The van der Waals surface area contributed by atoms with Gasteiger partial charge in [-0.3, -0.25) is 18.7 Å². The molecule has 0 aliphatic carbocycles. The molecule has 9 heteroatoms. The van der Waals surface area contributed by atoms with E-state index >= 15 is 0 Å². The minimum Gasteiger partial charge on any atom is -0.313 e. The molecule has 0 aliphatic rings. The Bertz CT molecular complexity index is 1060. The zero-order valence-electron chi connectivity index (χ0n) is 14.9. The van der Waals surface area contributed by atoms with Crippen LogP contribution in [0.15, 0.2) is 32.3 Å². The summed E-state index contributed by atoms with van der Waals surface area (Å²) in [5.74, 6) is 0.269. The second-order valence-electron chi connectivity index (χ2n) is 5.97. The van der Waals surface area contributed by atoms with E-state index in [9.17, 15) is 14.4 Å². The number of unbranched alkanes of at least 4 members (excludes halogenated alkanes) is 1. The van der Waals surface area contributed by atoms with E-state index in [4.69, 9.17) is 0 Å². The lowest BCUT2D eigenvalue weighted by Crippen LogP contribution is -2.37. The van der Waals surface area contributed by atoms with E-state index in [0.29, 0.717) is 27.7 Å². The predicted octanol–water partition coefficient (Wildman–Crippen LogP) is 2.27. The van der Waals surface area contributed by atoms with Crippen LogP contribution in [-0.2, 0) is 20.6 Å². The van der Waals surface area contributed by atoms with Gasteiger partial charge in [-0.05, 0) is 17.9 Å². The highest BCUT2D eigenvalue weighted by Crippen LogP contribution is 2.24. The minimum atomic E-state index is -0.408. The molecule has 0 saturated carbocycles. The fraction of sp³-hybridized carbons (Fsp3) is 0.412. The molecule has 0 amide bonds. The van der Waals surface area contributed by atoms with Crippen LogP contribution >= 0.6 is 23.1 Å². The number of carbonyl (C=O) groups is 1. The van der Waals surface area contributed by atoms with Crippen LogP contribution in [0.25, 0.3) is 11.2 Å². The Labute approximate surface area is 158 Å². The second-order valence-corrected chi connectivity index (χ2v) is 7.86. The molecular formula is C17H20N4O3S2. The van der Waals surface area contributed by atoms with Crippen molar-refractivity contribution in [3.63, 3.8) is 0 Å². The van der Waals surface area contributed by atoms with Gasteiger partial charge >= 0.3 is 5.69 Å². The van der Waals surface area contributed by atoms with Crippen LogP contribution in [0, 0.1) is 0 Å². The number of rotatable bonds is 7. The summed E-state index contributed by atoms with van der Waals surface area (Å²) in [6.07, 6.45) is 1.84. The van der Waals surface area contributed by atoms with Crippen molar-refractivity contribution in [1.82, 2.24) is 18.7 Å². The standard InChI is InChI=1S/C17H20N4O3S2/c1-4-5-8-21-13-14(19(2)17(24)20(3)15(13)23)18-16(21)26-10-11(22)12-7-6-9-25-12/h6-7,9H,4-5,8,10H2,1-3H3. The maximum atomic E-state index is 12.6. The number of aryl methyl sites for hydroxylation is 2. The van der Waals surface area contributed by atoms with E-state index in [1.807, 2.05) is 16.0 Å². The first-order chi connectivity index (χ1) is 12.5. The lowest BCUT2D eigenvalue weighted by atomic mass is 10.3. The van der Waals surface area contributed by atoms with Crippen molar-refractivity contribution in [2.24, 2.45) is 14.1 Å². The van der Waals surface area contributed by atoms with Crippen molar-refractivity contribution in [2.45, 2.75) is 31.5 Å². The number of hydrogen-bond acceptors (Lipinski definition) is 6. The summed E-state index contributed by atoms with van der Waals surface area (Å²) < 4.78 is 4.31. The molecule has 0 aromatic carbocycles. The average Bonchev–Trinajstić information content (AvgIpc) is 3.29. The van der Waals surface area contributed by atoms with Gasteiger partial charge in [-0.25, -0.2) is 9.78 Å². The van der Waals surface area contributed by atoms with E-state index in [1.54, 1.807) is 13.1 Å². The number of aromatic nitrogens is 4. The SMILES string of the molecule is CCCCn1c(SCC(=O)c2cccs2)nc2c1c(=O)n(C)c(=O)n2C. The number of fused-ring (bicyclic) bond motifs is 1. The molecule has 0 unspecified atom stereocenters. The number of ketones is 1. The predicted molar refractivity (Wildman–Crippen MR) is 104 cm³/mol. The summed E-state index contributed by atoms with van der Waals surface area (Å²) in [5.41, 5.74) is 0.00591. The van der Waals surface area contributed by atoms with Crippen molar-refractivity contribution in [3.05, 3.63) is 43.2 Å². The van der Waals surface area contributed by atoms with E-state index in [2.05, 4.69) is 11.9 Å². The lowest BCUT2D eigenvalue weighted by molar-refractivity contribution is 0.102. The van der Waals surface area contributed by atoms with Crippen molar-refractivity contribution in [1.29, 1.82) is 0 Å².